The van der Waals surface area contributed by atoms with E-state index in [2.05, 4.69) is 24.9 Å². The molecule has 0 aromatic carbocycles. The first kappa shape index (κ1) is 17.3. The average Bonchev–Trinajstić information content (AvgIpc) is 2.93. The van der Waals surface area contributed by atoms with Crippen molar-refractivity contribution in [2.24, 2.45) is 10.6 Å². The lowest BCUT2D eigenvalue weighted by Gasteiger charge is -2.41. The van der Waals surface area contributed by atoms with Crippen LogP contribution in [0, 0.1) is 5.41 Å². The maximum Gasteiger partial charge on any atom is 0.274 e. The Labute approximate surface area is 145 Å². The van der Waals surface area contributed by atoms with Gasteiger partial charge in [-0.2, -0.15) is 8.42 Å². The maximum atomic E-state index is 11.6. The monoisotopic (exact) mass is 374 g/mol. The first-order valence-electron chi connectivity index (χ1n) is 7.54. The van der Waals surface area contributed by atoms with Crippen molar-refractivity contribution in [3.8, 4) is 0 Å². The summed E-state index contributed by atoms with van der Waals surface area (Å²) in [6.07, 6.45) is 3.10. The number of carbonyl (C=O) groups excluding carboxylic acids is 1. The minimum absolute atomic E-state index is 0.0868. The van der Waals surface area contributed by atoms with Gasteiger partial charge < -0.3 is 10.2 Å². The summed E-state index contributed by atoms with van der Waals surface area (Å²) in [7, 11) is -3.74. The Kier molecular flexibility index (Phi) is 4.65. The highest BCUT2D eigenvalue weighted by molar-refractivity contribution is 7.87. The summed E-state index contributed by atoms with van der Waals surface area (Å²) in [4.78, 5) is 22.1. The molecule has 1 fully saturated rings. The zero-order valence-corrected chi connectivity index (χ0v) is 14.5. The lowest BCUT2D eigenvalue weighted by Crippen LogP contribution is -2.48. The number of carbonyl (C=O) groups is 1. The number of fused-ring (bicyclic) bond motifs is 1. The van der Waals surface area contributed by atoms with Crippen molar-refractivity contribution in [2.75, 3.05) is 35.7 Å². The first-order chi connectivity index (χ1) is 11.3. The zero-order valence-electron chi connectivity index (χ0n) is 13.0. The molecular weight excluding hydrogens is 356 g/mol. The van der Waals surface area contributed by atoms with Crippen molar-refractivity contribution < 1.29 is 13.2 Å². The molecular formula is C13H19ClN6O3S. The molecule has 3 rings (SSSR count). The molecule has 0 atom stereocenters. The Morgan fingerprint density at radius 1 is 1.38 bits per heavy atom. The third kappa shape index (κ3) is 3.61. The Balaban J connectivity index is 1.71. The molecule has 24 heavy (non-hydrogen) atoms. The highest BCUT2D eigenvalue weighted by atomic mass is 35.5. The second-order valence-corrected chi connectivity index (χ2v) is 7.88. The van der Waals surface area contributed by atoms with Crippen LogP contribution < -0.4 is 20.1 Å². The van der Waals surface area contributed by atoms with Crippen LogP contribution in [0.15, 0.2) is 6.33 Å². The van der Waals surface area contributed by atoms with Crippen molar-refractivity contribution >= 4 is 39.4 Å². The lowest BCUT2D eigenvalue weighted by atomic mass is 9.80. The largest absolute Gasteiger partial charge is 0.356 e. The van der Waals surface area contributed by atoms with E-state index in [1.165, 1.54) is 6.33 Å². The van der Waals surface area contributed by atoms with Crippen LogP contribution in [0.1, 0.15) is 18.4 Å². The minimum atomic E-state index is -3.74. The molecule has 0 spiro atoms. The highest BCUT2D eigenvalue weighted by Crippen LogP contribution is 2.36. The van der Waals surface area contributed by atoms with E-state index in [0.717, 1.165) is 11.4 Å². The number of amides is 1. The molecule has 3 heterocycles. The zero-order chi connectivity index (χ0) is 17.4. The van der Waals surface area contributed by atoms with Crippen molar-refractivity contribution in [1.29, 1.82) is 0 Å². The summed E-state index contributed by atoms with van der Waals surface area (Å²) >= 11 is 6.10. The minimum Gasteiger partial charge on any atom is -0.356 e. The molecule has 0 aliphatic carbocycles. The quantitative estimate of drug-likeness (QED) is 0.600. The number of nitrogens with two attached hydrogens (primary N) is 1. The summed E-state index contributed by atoms with van der Waals surface area (Å²) in [5.41, 5.74) is 0.470. The number of nitrogens with zero attached hydrogens (tertiary/aromatic N) is 3. The van der Waals surface area contributed by atoms with Crippen LogP contribution in [-0.4, -0.2) is 49.8 Å². The van der Waals surface area contributed by atoms with E-state index in [4.69, 9.17) is 16.7 Å². The number of alkyl halides is 1. The molecule has 4 N–H and O–H groups in total. The van der Waals surface area contributed by atoms with Gasteiger partial charge in [0.1, 0.15) is 18.0 Å². The highest BCUT2D eigenvalue weighted by Gasteiger charge is 2.36. The van der Waals surface area contributed by atoms with E-state index in [9.17, 15) is 13.2 Å². The molecule has 0 unspecified atom stereocenters. The molecule has 2 aliphatic rings. The second kappa shape index (κ2) is 6.43. The normalized spacial score (nSPS) is 19.9. The second-order valence-electron chi connectivity index (χ2n) is 6.24. The number of aromatic nitrogens is 2. The van der Waals surface area contributed by atoms with Crippen molar-refractivity contribution in [1.82, 2.24) is 14.7 Å². The molecule has 132 valence electrons. The van der Waals surface area contributed by atoms with Crippen LogP contribution in [0.4, 0.5) is 11.6 Å². The van der Waals surface area contributed by atoms with E-state index < -0.39 is 10.2 Å². The van der Waals surface area contributed by atoms with Crippen molar-refractivity contribution in [2.45, 2.75) is 19.3 Å². The van der Waals surface area contributed by atoms with Gasteiger partial charge in [-0.3, -0.25) is 4.79 Å². The van der Waals surface area contributed by atoms with Gasteiger partial charge in [-0.05, 0) is 12.8 Å². The standard InChI is InChI=1S/C13H19ClN6O3S/c14-6-13(7-18-24(15,22)23)1-3-20(4-2-13)12-9-5-10(21)19-11(9)16-8-17-12/h8,18H,1-7H2,(H2,15,22,23)(H,16,17,19,21). The number of halogens is 1. The molecule has 0 radical (unpaired) electrons. The number of nitrogens with one attached hydrogen (secondary N) is 2. The SMILES string of the molecule is NS(=O)(=O)NCC1(CCl)CCN(c2ncnc3c2CC(=O)N3)CC1. The summed E-state index contributed by atoms with van der Waals surface area (Å²) in [6.45, 7) is 1.54. The Morgan fingerprint density at radius 3 is 2.71 bits per heavy atom. The Hall–Kier alpha value is -1.49. The predicted octanol–water partition coefficient (Wildman–Crippen LogP) is -0.410. The van der Waals surface area contributed by atoms with E-state index in [1.54, 1.807) is 0 Å². The van der Waals surface area contributed by atoms with E-state index in [1.807, 2.05) is 0 Å². The van der Waals surface area contributed by atoms with Crippen molar-refractivity contribution in [3.05, 3.63) is 11.9 Å². The summed E-state index contributed by atoms with van der Waals surface area (Å²) < 4.78 is 24.6. The molecule has 9 nitrogen and oxygen atoms in total. The molecule has 1 saturated heterocycles. The van der Waals surface area contributed by atoms with E-state index >= 15 is 0 Å². The van der Waals surface area contributed by atoms with Crippen LogP contribution in [-0.2, 0) is 21.4 Å². The number of piperidine rings is 1. The smallest absolute Gasteiger partial charge is 0.274 e. The van der Waals surface area contributed by atoms with Crippen LogP contribution in [0.5, 0.6) is 0 Å². The van der Waals surface area contributed by atoms with Crippen LogP contribution in [0.3, 0.4) is 0 Å². The number of rotatable bonds is 5. The molecule has 1 aromatic rings. The van der Waals surface area contributed by atoms with Gasteiger partial charge in [-0.1, -0.05) is 0 Å². The summed E-state index contributed by atoms with van der Waals surface area (Å²) in [5, 5.41) is 7.72. The van der Waals surface area contributed by atoms with Gasteiger partial charge in [0.2, 0.25) is 5.91 Å². The van der Waals surface area contributed by atoms with Gasteiger partial charge in [0.05, 0.1) is 6.42 Å². The average molecular weight is 375 g/mol. The Morgan fingerprint density at radius 2 is 2.08 bits per heavy atom. The summed E-state index contributed by atoms with van der Waals surface area (Å²) in [6, 6.07) is 0. The molecule has 0 saturated carbocycles. The fourth-order valence-electron chi connectivity index (χ4n) is 3.09. The van der Waals surface area contributed by atoms with Gasteiger partial charge in [-0.25, -0.2) is 19.8 Å². The van der Waals surface area contributed by atoms with Gasteiger partial charge in [0, 0.05) is 36.5 Å². The van der Waals surface area contributed by atoms with Gasteiger partial charge in [0.15, 0.2) is 0 Å². The lowest BCUT2D eigenvalue weighted by molar-refractivity contribution is -0.115. The maximum absolute atomic E-state index is 11.6. The van der Waals surface area contributed by atoms with Crippen molar-refractivity contribution in [3.63, 3.8) is 0 Å². The first-order valence-corrected chi connectivity index (χ1v) is 9.62. The molecule has 1 aromatic heterocycles. The number of hydrogen-bond donors (Lipinski definition) is 3. The number of hydrogen-bond acceptors (Lipinski definition) is 6. The van der Waals surface area contributed by atoms with Gasteiger partial charge in [-0.15, -0.1) is 11.6 Å². The topological polar surface area (TPSA) is 130 Å². The van der Waals surface area contributed by atoms with Gasteiger partial charge in [0.25, 0.3) is 10.2 Å². The molecule has 2 aliphatic heterocycles. The molecule has 1 amide bonds. The fraction of sp³-hybridized carbons (Fsp3) is 0.615. The van der Waals surface area contributed by atoms with Crippen LogP contribution in [0.2, 0.25) is 0 Å². The molecule has 11 heteroatoms. The van der Waals surface area contributed by atoms with Gasteiger partial charge >= 0.3 is 0 Å². The number of anilines is 2. The molecule has 0 bridgehead atoms. The third-order valence-electron chi connectivity index (χ3n) is 4.57. The van der Waals surface area contributed by atoms with Crippen LogP contribution >= 0.6 is 11.6 Å². The summed E-state index contributed by atoms with van der Waals surface area (Å²) in [5.74, 6) is 1.57. The van der Waals surface area contributed by atoms with Crippen LogP contribution in [0.25, 0.3) is 0 Å². The van der Waals surface area contributed by atoms with E-state index in [-0.39, 0.29) is 24.3 Å². The third-order valence-corrected chi connectivity index (χ3v) is 5.69. The fourth-order valence-corrected chi connectivity index (χ4v) is 3.96. The predicted molar refractivity (Wildman–Crippen MR) is 90.1 cm³/mol. The van der Waals surface area contributed by atoms with E-state index in [0.29, 0.717) is 37.6 Å². The Bertz CT molecular complexity index is 748.